The third-order valence-electron chi connectivity index (χ3n) is 2.86. The number of benzene rings is 1. The van der Waals surface area contributed by atoms with Gasteiger partial charge in [0.1, 0.15) is 5.82 Å². The monoisotopic (exact) mass is 247 g/mol. The zero-order chi connectivity index (χ0) is 13.1. The first-order valence-corrected chi connectivity index (χ1v) is 5.59. The number of carbonyl (C=O) groups is 1. The molecule has 2 aromatic rings. The Labute approximate surface area is 104 Å². The van der Waals surface area contributed by atoms with E-state index in [9.17, 15) is 9.18 Å². The Morgan fingerprint density at radius 1 is 1.50 bits per heavy atom. The highest BCUT2D eigenvalue weighted by Gasteiger charge is 2.08. The molecule has 0 fully saturated rings. The van der Waals surface area contributed by atoms with Crippen LogP contribution >= 0.6 is 0 Å². The maximum absolute atomic E-state index is 13.0. The Balaban J connectivity index is 2.03. The average molecular weight is 247 g/mol. The van der Waals surface area contributed by atoms with Gasteiger partial charge in [0.05, 0.1) is 6.20 Å². The van der Waals surface area contributed by atoms with Crippen molar-refractivity contribution < 1.29 is 9.18 Å². The minimum absolute atomic E-state index is 0.294. The van der Waals surface area contributed by atoms with Crippen LogP contribution in [0, 0.1) is 12.7 Å². The van der Waals surface area contributed by atoms with Gasteiger partial charge in [-0.2, -0.15) is 5.10 Å². The number of nitrogens with zero attached hydrogens (tertiary/aromatic N) is 2. The summed E-state index contributed by atoms with van der Waals surface area (Å²) in [5.41, 5.74) is 2.26. The largest absolute Gasteiger partial charge is 0.348 e. The predicted molar refractivity (Wildman–Crippen MR) is 65.5 cm³/mol. The lowest BCUT2D eigenvalue weighted by Crippen LogP contribution is -2.23. The lowest BCUT2D eigenvalue weighted by atomic mass is 10.2. The summed E-state index contributed by atoms with van der Waals surface area (Å²) < 4.78 is 14.7. The molecule has 0 aliphatic carbocycles. The standard InChI is InChI=1S/C13H14FN3O/c1-9-11(8-16-17(9)2)7-15-13(18)10-4-3-5-12(14)6-10/h3-6,8H,7H2,1-2H3,(H,15,18). The Hall–Kier alpha value is -2.17. The molecule has 0 aliphatic heterocycles. The van der Waals surface area contributed by atoms with Gasteiger partial charge < -0.3 is 5.32 Å². The number of carbonyl (C=O) groups excluding carboxylic acids is 1. The molecule has 0 radical (unpaired) electrons. The zero-order valence-corrected chi connectivity index (χ0v) is 10.3. The number of amides is 1. The van der Waals surface area contributed by atoms with Crippen LogP contribution in [0.3, 0.4) is 0 Å². The fourth-order valence-corrected chi connectivity index (χ4v) is 1.62. The first-order valence-electron chi connectivity index (χ1n) is 5.59. The Kier molecular flexibility index (Phi) is 3.41. The molecule has 1 heterocycles. The van der Waals surface area contributed by atoms with E-state index in [1.807, 2.05) is 14.0 Å². The van der Waals surface area contributed by atoms with Crippen LogP contribution in [0.5, 0.6) is 0 Å². The molecule has 0 bridgehead atoms. The van der Waals surface area contributed by atoms with Gasteiger partial charge in [0, 0.05) is 30.4 Å². The van der Waals surface area contributed by atoms with Crippen LogP contribution in [0.2, 0.25) is 0 Å². The third-order valence-corrected chi connectivity index (χ3v) is 2.86. The normalized spacial score (nSPS) is 10.4. The van der Waals surface area contributed by atoms with Gasteiger partial charge in [-0.25, -0.2) is 4.39 Å². The van der Waals surface area contributed by atoms with Gasteiger partial charge in [0.2, 0.25) is 0 Å². The minimum Gasteiger partial charge on any atom is -0.348 e. The highest BCUT2D eigenvalue weighted by molar-refractivity contribution is 5.94. The topological polar surface area (TPSA) is 46.9 Å². The first-order chi connectivity index (χ1) is 8.58. The number of nitrogens with one attached hydrogen (secondary N) is 1. The minimum atomic E-state index is -0.416. The average Bonchev–Trinajstić information content (AvgIpc) is 2.67. The molecule has 1 aromatic heterocycles. The molecule has 5 heteroatoms. The first kappa shape index (κ1) is 12.3. The summed E-state index contributed by atoms with van der Waals surface area (Å²) in [5, 5.41) is 6.82. The highest BCUT2D eigenvalue weighted by atomic mass is 19.1. The molecule has 0 saturated carbocycles. The summed E-state index contributed by atoms with van der Waals surface area (Å²) >= 11 is 0. The van der Waals surface area contributed by atoms with E-state index >= 15 is 0 Å². The highest BCUT2D eigenvalue weighted by Crippen LogP contribution is 2.07. The predicted octanol–water partition coefficient (Wildman–Crippen LogP) is 1.80. The summed E-state index contributed by atoms with van der Waals surface area (Å²) in [6.45, 7) is 2.31. The van der Waals surface area contributed by atoms with E-state index in [4.69, 9.17) is 0 Å². The van der Waals surface area contributed by atoms with Crippen molar-refractivity contribution >= 4 is 5.91 Å². The summed E-state index contributed by atoms with van der Waals surface area (Å²) in [5.74, 6) is -0.710. The van der Waals surface area contributed by atoms with E-state index in [-0.39, 0.29) is 5.91 Å². The molecule has 18 heavy (non-hydrogen) atoms. The van der Waals surface area contributed by atoms with Crippen molar-refractivity contribution in [3.8, 4) is 0 Å². The Bertz CT molecular complexity index is 577. The smallest absolute Gasteiger partial charge is 0.251 e. The van der Waals surface area contributed by atoms with Crippen LogP contribution in [-0.4, -0.2) is 15.7 Å². The number of aryl methyl sites for hydroxylation is 1. The fourth-order valence-electron chi connectivity index (χ4n) is 1.62. The van der Waals surface area contributed by atoms with Crippen molar-refractivity contribution in [1.82, 2.24) is 15.1 Å². The van der Waals surface area contributed by atoms with Crippen molar-refractivity contribution in [2.75, 3.05) is 0 Å². The second-order valence-corrected chi connectivity index (χ2v) is 4.07. The molecule has 1 aromatic carbocycles. The van der Waals surface area contributed by atoms with Gasteiger partial charge in [0.15, 0.2) is 0 Å². The number of aromatic nitrogens is 2. The molecule has 0 saturated heterocycles. The summed E-state index contributed by atoms with van der Waals surface area (Å²) in [4.78, 5) is 11.8. The summed E-state index contributed by atoms with van der Waals surface area (Å²) in [6.07, 6.45) is 1.71. The van der Waals surface area contributed by atoms with Crippen LogP contribution in [0.1, 0.15) is 21.6 Å². The van der Waals surface area contributed by atoms with E-state index in [1.54, 1.807) is 16.9 Å². The summed E-state index contributed by atoms with van der Waals surface area (Å²) in [7, 11) is 1.84. The molecule has 2 rings (SSSR count). The Morgan fingerprint density at radius 3 is 2.89 bits per heavy atom. The molecule has 0 atom stereocenters. The van der Waals surface area contributed by atoms with Gasteiger partial charge in [-0.05, 0) is 25.1 Å². The van der Waals surface area contributed by atoms with E-state index in [2.05, 4.69) is 10.4 Å². The molecular weight excluding hydrogens is 233 g/mol. The molecule has 0 spiro atoms. The van der Waals surface area contributed by atoms with E-state index in [0.29, 0.717) is 12.1 Å². The number of rotatable bonds is 3. The summed E-state index contributed by atoms with van der Waals surface area (Å²) in [6, 6.07) is 5.61. The lowest BCUT2D eigenvalue weighted by Gasteiger charge is -2.05. The molecular formula is C13H14FN3O. The van der Waals surface area contributed by atoms with Crippen molar-refractivity contribution in [3.63, 3.8) is 0 Å². The molecule has 0 unspecified atom stereocenters. The molecule has 4 nitrogen and oxygen atoms in total. The second kappa shape index (κ2) is 5.00. The van der Waals surface area contributed by atoms with Gasteiger partial charge in [-0.1, -0.05) is 6.07 Å². The maximum Gasteiger partial charge on any atom is 0.251 e. The van der Waals surface area contributed by atoms with Crippen LogP contribution in [0.4, 0.5) is 4.39 Å². The molecule has 1 N–H and O–H groups in total. The SMILES string of the molecule is Cc1c(CNC(=O)c2cccc(F)c2)cnn1C. The third kappa shape index (κ3) is 2.56. The van der Waals surface area contributed by atoms with Crippen molar-refractivity contribution in [2.24, 2.45) is 7.05 Å². The molecule has 94 valence electrons. The van der Waals surface area contributed by atoms with Crippen molar-refractivity contribution in [2.45, 2.75) is 13.5 Å². The van der Waals surface area contributed by atoms with E-state index in [1.165, 1.54) is 18.2 Å². The number of halogens is 1. The van der Waals surface area contributed by atoms with Crippen molar-refractivity contribution in [1.29, 1.82) is 0 Å². The lowest BCUT2D eigenvalue weighted by molar-refractivity contribution is 0.0950. The quantitative estimate of drug-likeness (QED) is 0.899. The van der Waals surface area contributed by atoms with Gasteiger partial charge in [-0.3, -0.25) is 9.48 Å². The van der Waals surface area contributed by atoms with Crippen LogP contribution < -0.4 is 5.32 Å². The second-order valence-electron chi connectivity index (χ2n) is 4.07. The van der Waals surface area contributed by atoms with Crippen LogP contribution in [-0.2, 0) is 13.6 Å². The molecule has 1 amide bonds. The number of hydrogen-bond acceptors (Lipinski definition) is 2. The van der Waals surface area contributed by atoms with Gasteiger partial charge in [0.25, 0.3) is 5.91 Å². The fraction of sp³-hybridized carbons (Fsp3) is 0.231. The van der Waals surface area contributed by atoms with Crippen LogP contribution in [0.25, 0.3) is 0 Å². The van der Waals surface area contributed by atoms with Gasteiger partial charge in [-0.15, -0.1) is 0 Å². The van der Waals surface area contributed by atoms with E-state index in [0.717, 1.165) is 11.3 Å². The Morgan fingerprint density at radius 2 is 2.28 bits per heavy atom. The maximum atomic E-state index is 13.0. The van der Waals surface area contributed by atoms with Crippen molar-refractivity contribution in [3.05, 3.63) is 53.1 Å². The van der Waals surface area contributed by atoms with Gasteiger partial charge >= 0.3 is 0 Å². The van der Waals surface area contributed by atoms with Crippen LogP contribution in [0.15, 0.2) is 30.5 Å². The zero-order valence-electron chi connectivity index (χ0n) is 10.3. The van der Waals surface area contributed by atoms with E-state index < -0.39 is 5.82 Å². The number of hydrogen-bond donors (Lipinski definition) is 1. The molecule has 0 aliphatic rings.